The predicted molar refractivity (Wildman–Crippen MR) is 87.3 cm³/mol. The zero-order valence-corrected chi connectivity index (χ0v) is 13.6. The minimum atomic E-state index is -0.399. The lowest BCUT2D eigenvalue weighted by atomic mass is 9.94. The highest BCUT2D eigenvalue weighted by atomic mass is 19.1. The first-order chi connectivity index (χ1) is 11.2. The first kappa shape index (κ1) is 16.4. The first-order valence-corrected chi connectivity index (χ1v) is 8.53. The van der Waals surface area contributed by atoms with Crippen molar-refractivity contribution in [2.24, 2.45) is 5.92 Å². The summed E-state index contributed by atoms with van der Waals surface area (Å²) in [5.41, 5.74) is 1.13. The van der Waals surface area contributed by atoms with Crippen LogP contribution in [0.15, 0.2) is 18.2 Å². The van der Waals surface area contributed by atoms with E-state index in [1.807, 2.05) is 6.07 Å². The Labute approximate surface area is 136 Å². The molecule has 23 heavy (non-hydrogen) atoms. The summed E-state index contributed by atoms with van der Waals surface area (Å²) in [4.78, 5) is 0. The van der Waals surface area contributed by atoms with Crippen LogP contribution in [0.2, 0.25) is 0 Å². The van der Waals surface area contributed by atoms with Crippen molar-refractivity contribution in [2.45, 2.75) is 44.8 Å². The zero-order chi connectivity index (χ0) is 16.2. The van der Waals surface area contributed by atoms with Gasteiger partial charge in [-0.3, -0.25) is 5.41 Å². The van der Waals surface area contributed by atoms with Gasteiger partial charge in [-0.05, 0) is 62.8 Å². The number of hydrogen-bond acceptors (Lipinski definition) is 4. The Balaban J connectivity index is 1.63. The van der Waals surface area contributed by atoms with E-state index < -0.39 is 5.82 Å². The Bertz CT molecular complexity index is 560. The molecule has 0 radical (unpaired) electrons. The zero-order valence-electron chi connectivity index (χ0n) is 13.6. The summed E-state index contributed by atoms with van der Waals surface area (Å²) in [7, 11) is 0. The SMILES string of the molecule is CCOC(=N)c1ccc([C@@H]2CC(OCC3CC3)CCN2)cc1F. The summed E-state index contributed by atoms with van der Waals surface area (Å²) in [6.07, 6.45) is 4.73. The molecule has 3 rings (SSSR count). The summed E-state index contributed by atoms with van der Waals surface area (Å²) < 4.78 is 25.3. The summed E-state index contributed by atoms with van der Waals surface area (Å²) in [6, 6.07) is 5.15. The lowest BCUT2D eigenvalue weighted by Gasteiger charge is -2.31. The van der Waals surface area contributed by atoms with Gasteiger partial charge in [0, 0.05) is 12.6 Å². The number of nitrogens with one attached hydrogen (secondary N) is 2. The molecule has 1 saturated carbocycles. The molecule has 2 atom stereocenters. The van der Waals surface area contributed by atoms with Crippen molar-refractivity contribution < 1.29 is 13.9 Å². The monoisotopic (exact) mass is 320 g/mol. The smallest absolute Gasteiger partial charge is 0.216 e. The van der Waals surface area contributed by atoms with Gasteiger partial charge in [-0.15, -0.1) is 0 Å². The molecule has 1 aliphatic carbocycles. The Kier molecular flexibility index (Phi) is 5.28. The van der Waals surface area contributed by atoms with E-state index in [4.69, 9.17) is 14.9 Å². The van der Waals surface area contributed by atoms with E-state index in [2.05, 4.69) is 5.32 Å². The fraction of sp³-hybridized carbons (Fsp3) is 0.611. The Morgan fingerprint density at radius 2 is 2.17 bits per heavy atom. The van der Waals surface area contributed by atoms with E-state index >= 15 is 0 Å². The fourth-order valence-corrected chi connectivity index (χ4v) is 3.00. The Morgan fingerprint density at radius 3 is 2.87 bits per heavy atom. The van der Waals surface area contributed by atoms with Gasteiger partial charge in [0.15, 0.2) is 0 Å². The van der Waals surface area contributed by atoms with E-state index in [-0.39, 0.29) is 23.6 Å². The maximum atomic E-state index is 14.3. The normalized spacial score (nSPS) is 24.4. The average Bonchev–Trinajstić information content (AvgIpc) is 3.37. The van der Waals surface area contributed by atoms with Gasteiger partial charge in [0.1, 0.15) is 5.82 Å². The molecule has 4 nitrogen and oxygen atoms in total. The van der Waals surface area contributed by atoms with Gasteiger partial charge in [-0.1, -0.05) is 6.07 Å². The second-order valence-corrected chi connectivity index (χ2v) is 6.43. The van der Waals surface area contributed by atoms with E-state index in [0.29, 0.717) is 6.61 Å². The molecule has 1 aromatic carbocycles. The maximum Gasteiger partial charge on any atom is 0.216 e. The molecule has 0 spiro atoms. The Hall–Kier alpha value is -1.46. The minimum Gasteiger partial charge on any atom is -0.478 e. The molecule has 1 heterocycles. The first-order valence-electron chi connectivity index (χ1n) is 8.53. The van der Waals surface area contributed by atoms with Crippen LogP contribution in [0.4, 0.5) is 4.39 Å². The van der Waals surface area contributed by atoms with Crippen LogP contribution >= 0.6 is 0 Å². The maximum absolute atomic E-state index is 14.3. The van der Waals surface area contributed by atoms with Gasteiger partial charge in [0.05, 0.1) is 18.3 Å². The van der Waals surface area contributed by atoms with Crippen LogP contribution in [-0.4, -0.2) is 31.8 Å². The van der Waals surface area contributed by atoms with E-state index in [9.17, 15) is 4.39 Å². The number of halogens is 1. The molecule has 2 fully saturated rings. The van der Waals surface area contributed by atoms with Crippen LogP contribution in [0.25, 0.3) is 0 Å². The van der Waals surface area contributed by atoms with Gasteiger partial charge in [-0.25, -0.2) is 4.39 Å². The standard InChI is InChI=1S/C18H25FN2O2/c1-2-22-18(20)15-6-5-13(9-16(15)19)17-10-14(7-8-21-17)23-11-12-3-4-12/h5-6,9,12,14,17,20-21H,2-4,7-8,10-11H2,1H3/t14?,17-/m0/s1. The second-order valence-electron chi connectivity index (χ2n) is 6.43. The van der Waals surface area contributed by atoms with Crippen molar-refractivity contribution >= 4 is 5.90 Å². The van der Waals surface area contributed by atoms with Gasteiger partial charge in [0.2, 0.25) is 5.90 Å². The summed E-state index contributed by atoms with van der Waals surface area (Å²) in [5.74, 6) is 0.257. The lowest BCUT2D eigenvalue weighted by molar-refractivity contribution is 0.0158. The minimum absolute atomic E-state index is 0.109. The highest BCUT2D eigenvalue weighted by Gasteiger charge is 2.27. The molecule has 2 N–H and O–H groups in total. The quantitative estimate of drug-likeness (QED) is 0.624. The van der Waals surface area contributed by atoms with E-state index in [0.717, 1.165) is 37.5 Å². The number of benzene rings is 1. The van der Waals surface area contributed by atoms with E-state index in [1.165, 1.54) is 18.9 Å². The van der Waals surface area contributed by atoms with Crippen LogP contribution < -0.4 is 5.32 Å². The predicted octanol–water partition coefficient (Wildman–Crippen LogP) is 3.41. The lowest BCUT2D eigenvalue weighted by Crippen LogP contribution is -2.36. The van der Waals surface area contributed by atoms with Crippen molar-refractivity contribution in [1.82, 2.24) is 5.32 Å². The highest BCUT2D eigenvalue weighted by molar-refractivity contribution is 5.91. The molecule has 0 aromatic heterocycles. The molecule has 2 aliphatic rings. The van der Waals surface area contributed by atoms with Crippen molar-refractivity contribution in [3.05, 3.63) is 35.1 Å². The Morgan fingerprint density at radius 1 is 1.35 bits per heavy atom. The third kappa shape index (κ3) is 4.30. The summed E-state index contributed by atoms with van der Waals surface area (Å²) >= 11 is 0. The molecule has 1 aromatic rings. The number of ether oxygens (including phenoxy) is 2. The summed E-state index contributed by atoms with van der Waals surface area (Å²) in [6.45, 7) is 3.91. The molecule has 0 bridgehead atoms. The van der Waals surface area contributed by atoms with Crippen LogP contribution in [0.5, 0.6) is 0 Å². The van der Waals surface area contributed by atoms with Gasteiger partial charge in [0.25, 0.3) is 0 Å². The average molecular weight is 320 g/mol. The summed E-state index contributed by atoms with van der Waals surface area (Å²) in [5, 5.41) is 11.2. The molecule has 1 aliphatic heterocycles. The molecule has 0 amide bonds. The molecule has 1 unspecified atom stereocenters. The third-order valence-electron chi connectivity index (χ3n) is 4.55. The number of rotatable bonds is 6. The van der Waals surface area contributed by atoms with Crippen molar-refractivity contribution in [3.8, 4) is 0 Å². The number of piperidine rings is 1. The van der Waals surface area contributed by atoms with Crippen molar-refractivity contribution in [1.29, 1.82) is 5.41 Å². The molecule has 126 valence electrons. The van der Waals surface area contributed by atoms with Gasteiger partial charge >= 0.3 is 0 Å². The van der Waals surface area contributed by atoms with Gasteiger partial charge < -0.3 is 14.8 Å². The van der Waals surface area contributed by atoms with Crippen LogP contribution in [0.3, 0.4) is 0 Å². The molecule has 5 heteroatoms. The highest BCUT2D eigenvalue weighted by Crippen LogP contribution is 2.31. The second kappa shape index (κ2) is 7.41. The van der Waals surface area contributed by atoms with E-state index in [1.54, 1.807) is 13.0 Å². The number of hydrogen-bond donors (Lipinski definition) is 2. The largest absolute Gasteiger partial charge is 0.478 e. The van der Waals surface area contributed by atoms with Gasteiger partial charge in [-0.2, -0.15) is 0 Å². The fourth-order valence-electron chi connectivity index (χ4n) is 3.00. The van der Waals surface area contributed by atoms with Crippen LogP contribution in [0, 0.1) is 17.1 Å². The van der Waals surface area contributed by atoms with Crippen molar-refractivity contribution in [3.63, 3.8) is 0 Å². The van der Waals surface area contributed by atoms with Crippen LogP contribution in [-0.2, 0) is 9.47 Å². The third-order valence-corrected chi connectivity index (χ3v) is 4.55. The molecule has 1 saturated heterocycles. The molecular formula is C18H25FN2O2. The van der Waals surface area contributed by atoms with Crippen LogP contribution in [0.1, 0.15) is 49.8 Å². The van der Waals surface area contributed by atoms with Crippen molar-refractivity contribution in [2.75, 3.05) is 19.8 Å². The topological polar surface area (TPSA) is 54.3 Å². The molecular weight excluding hydrogens is 295 g/mol.